The van der Waals surface area contributed by atoms with E-state index in [1.165, 1.54) is 5.56 Å². The second-order valence-electron chi connectivity index (χ2n) is 7.94. The van der Waals surface area contributed by atoms with Crippen LogP contribution in [0.2, 0.25) is 0 Å². The minimum atomic E-state index is 0.102. The van der Waals surface area contributed by atoms with E-state index >= 15 is 0 Å². The van der Waals surface area contributed by atoms with Crippen molar-refractivity contribution in [2.24, 2.45) is 5.92 Å². The smallest absolute Gasteiger partial charge is 0.255 e. The zero-order chi connectivity index (χ0) is 19.8. The van der Waals surface area contributed by atoms with Crippen molar-refractivity contribution in [2.45, 2.75) is 25.7 Å². The summed E-state index contributed by atoms with van der Waals surface area (Å²) in [4.78, 5) is 21.3. The fourth-order valence-electron chi connectivity index (χ4n) is 3.71. The molecule has 0 saturated carbocycles. The van der Waals surface area contributed by atoms with E-state index in [0.29, 0.717) is 11.5 Å². The molecule has 3 rings (SSSR count). The van der Waals surface area contributed by atoms with Gasteiger partial charge in [0, 0.05) is 25.8 Å². The lowest BCUT2D eigenvalue weighted by atomic mass is 9.90. The van der Waals surface area contributed by atoms with Gasteiger partial charge >= 0.3 is 0 Å². The molecule has 1 aromatic heterocycles. The average Bonchev–Trinajstić information content (AvgIpc) is 2.72. The number of hydrogen-bond donors (Lipinski definition) is 1. The van der Waals surface area contributed by atoms with Crippen molar-refractivity contribution in [2.75, 3.05) is 45.6 Å². The summed E-state index contributed by atoms with van der Waals surface area (Å²) < 4.78 is 0. The van der Waals surface area contributed by atoms with Gasteiger partial charge in [-0.2, -0.15) is 0 Å². The van der Waals surface area contributed by atoms with Crippen molar-refractivity contribution < 1.29 is 4.79 Å². The highest BCUT2D eigenvalue weighted by atomic mass is 16.2. The summed E-state index contributed by atoms with van der Waals surface area (Å²) in [5.41, 5.74) is 2.07. The van der Waals surface area contributed by atoms with Gasteiger partial charge in [-0.1, -0.05) is 30.3 Å². The lowest BCUT2D eigenvalue weighted by Crippen LogP contribution is -2.39. The summed E-state index contributed by atoms with van der Waals surface area (Å²) in [6.07, 6.45) is 6.01. The van der Waals surface area contributed by atoms with Crippen molar-refractivity contribution in [1.29, 1.82) is 0 Å². The molecule has 0 bridgehead atoms. The summed E-state index contributed by atoms with van der Waals surface area (Å²) in [6.45, 7) is 3.60. The third-order valence-corrected chi connectivity index (χ3v) is 5.37. The van der Waals surface area contributed by atoms with Crippen molar-refractivity contribution in [3.8, 4) is 0 Å². The highest BCUT2D eigenvalue weighted by molar-refractivity contribution is 5.94. The summed E-state index contributed by atoms with van der Waals surface area (Å²) in [5, 5.41) is 3.31. The van der Waals surface area contributed by atoms with Crippen molar-refractivity contribution in [3.63, 3.8) is 0 Å². The molecule has 0 spiro atoms. The molecule has 5 heteroatoms. The van der Waals surface area contributed by atoms with Crippen LogP contribution in [-0.4, -0.2) is 61.0 Å². The maximum Gasteiger partial charge on any atom is 0.255 e. The van der Waals surface area contributed by atoms with Crippen LogP contribution in [0.4, 0.5) is 5.82 Å². The minimum absolute atomic E-state index is 0.102. The quantitative estimate of drug-likeness (QED) is 0.712. The molecule has 5 nitrogen and oxygen atoms in total. The van der Waals surface area contributed by atoms with Gasteiger partial charge in [-0.05, 0) is 69.9 Å². The fraction of sp³-hybridized carbons (Fsp3) is 0.478. The van der Waals surface area contributed by atoms with Crippen LogP contribution in [0.3, 0.4) is 0 Å². The largest absolute Gasteiger partial charge is 0.370 e. The van der Waals surface area contributed by atoms with E-state index in [2.05, 4.69) is 59.6 Å². The number of pyridine rings is 1. The first-order chi connectivity index (χ1) is 13.6. The molecule has 2 aromatic rings. The second-order valence-corrected chi connectivity index (χ2v) is 7.94. The van der Waals surface area contributed by atoms with Gasteiger partial charge in [0.05, 0.1) is 5.56 Å². The maximum absolute atomic E-state index is 12.8. The SMILES string of the molecule is CN(C)CCCNc1ccc(C(=O)N2CCC(Cc3ccccc3)CC2)cn1. The van der Waals surface area contributed by atoms with E-state index in [9.17, 15) is 4.79 Å². The number of nitrogens with one attached hydrogen (secondary N) is 1. The number of aromatic nitrogens is 1. The standard InChI is InChI=1S/C23H32N4O/c1-26(2)14-6-13-24-22-10-9-21(18-25-22)23(28)27-15-11-20(12-16-27)17-19-7-4-3-5-8-19/h3-5,7-10,18,20H,6,11-17H2,1-2H3,(H,24,25). The van der Waals surface area contributed by atoms with Crippen LogP contribution >= 0.6 is 0 Å². The summed E-state index contributed by atoms with van der Waals surface area (Å²) in [5.74, 6) is 1.60. The Bertz CT molecular complexity index is 722. The molecule has 2 heterocycles. The van der Waals surface area contributed by atoms with Gasteiger partial charge in [0.1, 0.15) is 5.82 Å². The van der Waals surface area contributed by atoms with Gasteiger partial charge in [-0.25, -0.2) is 4.98 Å². The van der Waals surface area contributed by atoms with Gasteiger partial charge in [-0.3, -0.25) is 4.79 Å². The number of hydrogen-bond acceptors (Lipinski definition) is 4. The number of nitrogens with zero attached hydrogens (tertiary/aromatic N) is 3. The molecule has 0 aliphatic carbocycles. The molecule has 0 atom stereocenters. The van der Waals surface area contributed by atoms with Gasteiger partial charge in [0.15, 0.2) is 0 Å². The van der Waals surface area contributed by atoms with Crippen LogP contribution in [0.25, 0.3) is 0 Å². The molecule has 28 heavy (non-hydrogen) atoms. The molecular formula is C23H32N4O. The number of carbonyl (C=O) groups is 1. The van der Waals surface area contributed by atoms with Crippen molar-refractivity contribution in [3.05, 3.63) is 59.8 Å². The summed E-state index contributed by atoms with van der Waals surface area (Å²) >= 11 is 0. The Labute approximate surface area is 168 Å². The Morgan fingerprint density at radius 3 is 2.54 bits per heavy atom. The predicted octanol–water partition coefficient (Wildman–Crippen LogP) is 3.54. The molecule has 0 radical (unpaired) electrons. The zero-order valence-electron chi connectivity index (χ0n) is 17.1. The number of likely N-dealkylation sites (tertiary alicyclic amines) is 1. The first kappa shape index (κ1) is 20.3. The van der Waals surface area contributed by atoms with E-state index in [0.717, 1.165) is 57.7 Å². The number of piperidine rings is 1. The Kier molecular flexibility index (Phi) is 7.43. The highest BCUT2D eigenvalue weighted by Gasteiger charge is 2.23. The molecule has 1 fully saturated rings. The Morgan fingerprint density at radius 1 is 1.14 bits per heavy atom. The number of amides is 1. The van der Waals surface area contributed by atoms with Crippen LogP contribution in [0.1, 0.15) is 35.2 Å². The van der Waals surface area contributed by atoms with Crippen LogP contribution in [-0.2, 0) is 6.42 Å². The van der Waals surface area contributed by atoms with Gasteiger partial charge in [0.2, 0.25) is 0 Å². The van der Waals surface area contributed by atoms with E-state index < -0.39 is 0 Å². The number of anilines is 1. The minimum Gasteiger partial charge on any atom is -0.370 e. The van der Waals surface area contributed by atoms with Gasteiger partial charge in [-0.15, -0.1) is 0 Å². The summed E-state index contributed by atoms with van der Waals surface area (Å²) in [6, 6.07) is 14.4. The molecule has 1 amide bonds. The number of benzene rings is 1. The summed E-state index contributed by atoms with van der Waals surface area (Å²) in [7, 11) is 4.15. The Morgan fingerprint density at radius 2 is 1.89 bits per heavy atom. The van der Waals surface area contributed by atoms with Crippen LogP contribution in [0.5, 0.6) is 0 Å². The molecule has 1 aliphatic rings. The Balaban J connectivity index is 1.44. The maximum atomic E-state index is 12.8. The third kappa shape index (κ3) is 6.06. The van der Waals surface area contributed by atoms with Gasteiger partial charge < -0.3 is 15.1 Å². The number of rotatable bonds is 8. The van der Waals surface area contributed by atoms with E-state index in [1.807, 2.05) is 17.0 Å². The van der Waals surface area contributed by atoms with Crippen LogP contribution < -0.4 is 5.32 Å². The molecule has 1 N–H and O–H groups in total. The first-order valence-corrected chi connectivity index (χ1v) is 10.3. The normalized spacial score (nSPS) is 15.0. The van der Waals surface area contributed by atoms with E-state index in [-0.39, 0.29) is 5.91 Å². The lowest BCUT2D eigenvalue weighted by Gasteiger charge is -2.32. The molecule has 1 saturated heterocycles. The Hall–Kier alpha value is -2.40. The van der Waals surface area contributed by atoms with E-state index in [1.54, 1.807) is 6.20 Å². The molecule has 1 aromatic carbocycles. The van der Waals surface area contributed by atoms with Crippen LogP contribution in [0.15, 0.2) is 48.7 Å². The fourth-order valence-corrected chi connectivity index (χ4v) is 3.71. The number of carbonyl (C=O) groups excluding carboxylic acids is 1. The molecule has 0 unspecified atom stereocenters. The lowest BCUT2D eigenvalue weighted by molar-refractivity contribution is 0.0690. The topological polar surface area (TPSA) is 48.5 Å². The van der Waals surface area contributed by atoms with Crippen LogP contribution in [0, 0.1) is 5.92 Å². The van der Waals surface area contributed by atoms with Gasteiger partial charge in [0.25, 0.3) is 5.91 Å². The molecule has 1 aliphatic heterocycles. The highest BCUT2D eigenvalue weighted by Crippen LogP contribution is 2.23. The zero-order valence-corrected chi connectivity index (χ0v) is 17.1. The predicted molar refractivity (Wildman–Crippen MR) is 115 cm³/mol. The monoisotopic (exact) mass is 380 g/mol. The van der Waals surface area contributed by atoms with Crippen molar-refractivity contribution in [1.82, 2.24) is 14.8 Å². The second kappa shape index (κ2) is 10.2. The van der Waals surface area contributed by atoms with Crippen molar-refractivity contribution >= 4 is 11.7 Å². The third-order valence-electron chi connectivity index (χ3n) is 5.37. The average molecular weight is 381 g/mol. The van der Waals surface area contributed by atoms with E-state index in [4.69, 9.17) is 0 Å². The molecular weight excluding hydrogens is 348 g/mol. The first-order valence-electron chi connectivity index (χ1n) is 10.3. The molecule has 150 valence electrons.